The van der Waals surface area contributed by atoms with Gasteiger partial charge in [0.1, 0.15) is 5.92 Å². The maximum Gasteiger partial charge on any atom is 0.249 e. The van der Waals surface area contributed by atoms with Gasteiger partial charge in [-0.3, -0.25) is 9.59 Å². The van der Waals surface area contributed by atoms with E-state index in [0.717, 1.165) is 12.8 Å². The van der Waals surface area contributed by atoms with E-state index < -0.39 is 5.92 Å². The molecule has 1 heterocycles. The third-order valence-corrected chi connectivity index (χ3v) is 6.16. The number of halogens is 1. The largest absolute Gasteiger partial charge is 0.397 e. The number of unbranched alkanes of at least 4 members (excludes halogenated alkanes) is 12. The van der Waals surface area contributed by atoms with Gasteiger partial charge < -0.3 is 5.73 Å². The van der Waals surface area contributed by atoms with Gasteiger partial charge in [0, 0.05) is 6.42 Å². The Hall–Kier alpha value is -1.99. The number of rotatable bonds is 13. The van der Waals surface area contributed by atoms with E-state index in [9.17, 15) is 9.59 Å². The van der Waals surface area contributed by atoms with E-state index in [1.54, 1.807) is 18.2 Å². The molecule has 0 spiro atoms. The minimum atomic E-state index is -0.554. The van der Waals surface area contributed by atoms with Crippen molar-refractivity contribution in [2.45, 2.75) is 96.8 Å². The number of hydrogen-bond donors (Lipinski definition) is 1. The van der Waals surface area contributed by atoms with Gasteiger partial charge in [-0.25, -0.2) is 4.90 Å². The van der Waals surface area contributed by atoms with Crippen molar-refractivity contribution in [3.05, 3.63) is 23.2 Å². The van der Waals surface area contributed by atoms with E-state index in [4.69, 9.17) is 17.3 Å². The summed E-state index contributed by atoms with van der Waals surface area (Å²) in [7, 11) is 0. The van der Waals surface area contributed by atoms with Crippen LogP contribution >= 0.6 is 11.6 Å². The molecule has 1 aliphatic heterocycles. The van der Waals surface area contributed by atoms with Crippen molar-refractivity contribution >= 4 is 34.8 Å². The number of imide groups is 1. The summed E-state index contributed by atoms with van der Waals surface area (Å²) in [6, 6.07) is 4.79. The van der Waals surface area contributed by atoms with Crippen LogP contribution in [0.5, 0.6) is 0 Å². The molecule has 1 fully saturated rings. The second kappa shape index (κ2) is 14.1. The zero-order valence-electron chi connectivity index (χ0n) is 18.9. The zero-order valence-corrected chi connectivity index (χ0v) is 19.7. The molecule has 1 aliphatic rings. The smallest absolute Gasteiger partial charge is 0.249 e. The zero-order chi connectivity index (χ0) is 22.5. The molecule has 4 nitrogen and oxygen atoms in total. The van der Waals surface area contributed by atoms with Crippen LogP contribution in [0.2, 0.25) is 5.02 Å². The second-order valence-electron chi connectivity index (χ2n) is 8.49. The fraction of sp³-hybridized carbons (Fsp3) is 0.615. The summed E-state index contributed by atoms with van der Waals surface area (Å²) in [6.45, 7) is 2.26. The summed E-state index contributed by atoms with van der Waals surface area (Å²) in [5.41, 5.74) is 6.61. The van der Waals surface area contributed by atoms with Crippen molar-refractivity contribution in [1.29, 1.82) is 0 Å². The number of nitrogens with two attached hydrogens (primary N) is 1. The molecular weight excluding hydrogens is 408 g/mol. The summed E-state index contributed by atoms with van der Waals surface area (Å²) in [5, 5.41) is 0.404. The topological polar surface area (TPSA) is 63.4 Å². The Bertz CT molecular complexity index is 781. The first-order valence-electron chi connectivity index (χ1n) is 11.9. The molecule has 170 valence electrons. The maximum atomic E-state index is 12.6. The average molecular weight is 445 g/mol. The number of carbonyl (C=O) groups excluding carboxylic acids is 2. The lowest BCUT2D eigenvalue weighted by atomic mass is 10.0. The van der Waals surface area contributed by atoms with Gasteiger partial charge in [0.2, 0.25) is 11.8 Å². The van der Waals surface area contributed by atoms with Gasteiger partial charge in [-0.15, -0.1) is 5.92 Å². The molecule has 2 rings (SSSR count). The van der Waals surface area contributed by atoms with Gasteiger partial charge in [-0.2, -0.15) is 0 Å². The van der Waals surface area contributed by atoms with Crippen LogP contribution in [0.1, 0.15) is 96.8 Å². The summed E-state index contributed by atoms with van der Waals surface area (Å²) in [5.74, 6) is 5.06. The Morgan fingerprint density at radius 1 is 0.968 bits per heavy atom. The quantitative estimate of drug-likeness (QED) is 0.156. The molecule has 0 aromatic heterocycles. The molecule has 2 N–H and O–H groups in total. The normalized spacial score (nSPS) is 15.9. The van der Waals surface area contributed by atoms with Gasteiger partial charge in [-0.1, -0.05) is 95.1 Å². The molecule has 5 heteroatoms. The lowest BCUT2D eigenvalue weighted by Gasteiger charge is -2.14. The minimum Gasteiger partial charge on any atom is -0.397 e. The summed E-state index contributed by atoms with van der Waals surface area (Å²) in [4.78, 5) is 26.1. The number of nitrogen functional groups attached to an aromatic ring is 1. The highest BCUT2D eigenvalue weighted by atomic mass is 35.5. The highest BCUT2D eigenvalue weighted by molar-refractivity contribution is 6.33. The first-order valence-corrected chi connectivity index (χ1v) is 12.3. The molecule has 1 saturated heterocycles. The summed E-state index contributed by atoms with van der Waals surface area (Å²) in [6.07, 6.45) is 16.7. The van der Waals surface area contributed by atoms with Crippen molar-refractivity contribution in [3.63, 3.8) is 0 Å². The van der Waals surface area contributed by atoms with Crippen LogP contribution in [0.25, 0.3) is 0 Å². The highest BCUT2D eigenvalue weighted by Crippen LogP contribution is 2.30. The number of nitrogens with zero attached hydrogens (tertiary/aromatic N) is 1. The molecule has 2 amide bonds. The molecule has 0 aliphatic carbocycles. The minimum absolute atomic E-state index is 0.132. The van der Waals surface area contributed by atoms with E-state index >= 15 is 0 Å². The average Bonchev–Trinajstić information content (AvgIpc) is 3.03. The predicted octanol–water partition coefficient (Wildman–Crippen LogP) is 6.90. The third-order valence-electron chi connectivity index (χ3n) is 5.82. The Kier molecular flexibility index (Phi) is 11.5. The van der Waals surface area contributed by atoms with Crippen LogP contribution in [0, 0.1) is 17.8 Å². The fourth-order valence-electron chi connectivity index (χ4n) is 3.94. The molecule has 1 unspecified atom stereocenters. The van der Waals surface area contributed by atoms with E-state index in [1.165, 1.54) is 75.5 Å². The van der Waals surface area contributed by atoms with Crippen LogP contribution in [-0.4, -0.2) is 11.8 Å². The lowest BCUT2D eigenvalue weighted by Crippen LogP contribution is -2.30. The van der Waals surface area contributed by atoms with Gasteiger partial charge in [-0.05, 0) is 24.6 Å². The molecule has 0 bridgehead atoms. The molecule has 1 aromatic carbocycles. The van der Waals surface area contributed by atoms with Crippen LogP contribution in [0.15, 0.2) is 18.2 Å². The van der Waals surface area contributed by atoms with Gasteiger partial charge >= 0.3 is 0 Å². The first-order chi connectivity index (χ1) is 15.0. The fourth-order valence-corrected chi connectivity index (χ4v) is 4.05. The van der Waals surface area contributed by atoms with E-state index in [0.29, 0.717) is 16.4 Å². The number of amides is 2. The lowest BCUT2D eigenvalue weighted by molar-refractivity contribution is -0.121. The van der Waals surface area contributed by atoms with Crippen LogP contribution in [-0.2, 0) is 9.59 Å². The van der Waals surface area contributed by atoms with Crippen molar-refractivity contribution < 1.29 is 9.59 Å². The standard InChI is InChI=1S/C26H37ClN2O2/c1-2-3-4-5-6-7-8-9-10-11-12-13-14-15-16-21-19-25(30)29(26(21)31)22-17-18-23(27)24(28)20-22/h17-18,20-21H,2-14,19,28H2,1H3. The third kappa shape index (κ3) is 8.57. The summed E-state index contributed by atoms with van der Waals surface area (Å²) >= 11 is 5.93. The molecule has 31 heavy (non-hydrogen) atoms. The van der Waals surface area contributed by atoms with Crippen molar-refractivity contribution in [3.8, 4) is 11.8 Å². The highest BCUT2D eigenvalue weighted by Gasteiger charge is 2.38. The van der Waals surface area contributed by atoms with E-state index in [-0.39, 0.29) is 18.2 Å². The second-order valence-corrected chi connectivity index (χ2v) is 8.90. The molecule has 0 saturated carbocycles. The molecule has 1 atom stereocenters. The first kappa shape index (κ1) is 25.3. The number of hydrogen-bond acceptors (Lipinski definition) is 3. The van der Waals surface area contributed by atoms with E-state index in [1.807, 2.05) is 0 Å². The Labute approximate surface area is 192 Å². The molecule has 0 radical (unpaired) electrons. The molecular formula is C26H37ClN2O2. The van der Waals surface area contributed by atoms with Crippen molar-refractivity contribution in [2.75, 3.05) is 10.6 Å². The number of carbonyl (C=O) groups is 2. The maximum absolute atomic E-state index is 12.6. The number of anilines is 2. The van der Waals surface area contributed by atoms with Crippen LogP contribution in [0.4, 0.5) is 11.4 Å². The Morgan fingerprint density at radius 2 is 1.55 bits per heavy atom. The van der Waals surface area contributed by atoms with E-state index in [2.05, 4.69) is 18.8 Å². The Morgan fingerprint density at radius 3 is 2.13 bits per heavy atom. The van der Waals surface area contributed by atoms with Crippen LogP contribution in [0.3, 0.4) is 0 Å². The van der Waals surface area contributed by atoms with Gasteiger partial charge in [0.15, 0.2) is 0 Å². The van der Waals surface area contributed by atoms with Crippen molar-refractivity contribution in [1.82, 2.24) is 0 Å². The number of benzene rings is 1. The van der Waals surface area contributed by atoms with Gasteiger partial charge in [0.05, 0.1) is 22.8 Å². The Balaban J connectivity index is 1.59. The van der Waals surface area contributed by atoms with Crippen molar-refractivity contribution in [2.24, 2.45) is 5.92 Å². The summed E-state index contributed by atoms with van der Waals surface area (Å²) < 4.78 is 0. The monoisotopic (exact) mass is 444 g/mol. The van der Waals surface area contributed by atoms with Crippen LogP contribution < -0.4 is 10.6 Å². The molecule has 1 aromatic rings. The predicted molar refractivity (Wildman–Crippen MR) is 130 cm³/mol. The SMILES string of the molecule is CCCCCCCCCCCCCCC#CC1CC(=O)N(c2ccc(Cl)c(N)c2)C1=O. The van der Waals surface area contributed by atoms with Gasteiger partial charge in [0.25, 0.3) is 0 Å².